The Bertz CT molecular complexity index is 907. The fraction of sp³-hybridized carbons (Fsp3) is 0.450. The molecule has 2 heterocycles. The first kappa shape index (κ1) is 21.7. The van der Waals surface area contributed by atoms with Gasteiger partial charge in [0.15, 0.2) is 0 Å². The Morgan fingerprint density at radius 2 is 1.83 bits per heavy atom. The second kappa shape index (κ2) is 9.23. The summed E-state index contributed by atoms with van der Waals surface area (Å²) in [5, 5.41) is 4.76. The number of nitrogens with one attached hydrogen (secondary N) is 2. The van der Waals surface area contributed by atoms with Crippen LogP contribution < -0.4 is 10.0 Å². The van der Waals surface area contributed by atoms with Gasteiger partial charge in [0.1, 0.15) is 10.0 Å². The van der Waals surface area contributed by atoms with Crippen LogP contribution >= 0.6 is 11.3 Å². The standard InChI is InChI=1S/C20H26FN3O3S2/c1-14(2)19(15-5-7-16(21)8-6-15)22-20(25)24-11-9-17(10-12-24)23-29(26,27)18-4-3-13-28-18/h3-8,13-14,17,19,23H,9-12H2,1-2H3,(H,22,25). The highest BCUT2D eigenvalue weighted by Crippen LogP contribution is 2.23. The molecule has 1 fully saturated rings. The monoisotopic (exact) mass is 439 g/mol. The fourth-order valence-electron chi connectivity index (χ4n) is 3.42. The molecule has 2 aromatic rings. The van der Waals surface area contributed by atoms with Gasteiger partial charge in [0, 0.05) is 19.1 Å². The number of thiophene rings is 1. The van der Waals surface area contributed by atoms with E-state index in [1.165, 1.54) is 23.5 Å². The maximum absolute atomic E-state index is 13.2. The van der Waals surface area contributed by atoms with E-state index >= 15 is 0 Å². The summed E-state index contributed by atoms with van der Waals surface area (Å²) in [6, 6.07) is 8.84. The van der Waals surface area contributed by atoms with Gasteiger partial charge in [-0.1, -0.05) is 32.0 Å². The van der Waals surface area contributed by atoms with Gasteiger partial charge in [0.25, 0.3) is 0 Å². The number of hydrogen-bond acceptors (Lipinski definition) is 4. The minimum Gasteiger partial charge on any atom is -0.331 e. The summed E-state index contributed by atoms with van der Waals surface area (Å²) in [7, 11) is -3.51. The van der Waals surface area contributed by atoms with Crippen LogP contribution in [0.1, 0.15) is 38.3 Å². The van der Waals surface area contributed by atoms with E-state index in [1.807, 2.05) is 13.8 Å². The topological polar surface area (TPSA) is 78.5 Å². The molecule has 2 N–H and O–H groups in total. The molecule has 158 valence electrons. The quantitative estimate of drug-likeness (QED) is 0.720. The molecule has 1 atom stereocenters. The molecule has 0 bridgehead atoms. The van der Waals surface area contributed by atoms with Gasteiger partial charge in [-0.2, -0.15) is 0 Å². The van der Waals surface area contributed by atoms with E-state index in [0.29, 0.717) is 30.1 Å². The van der Waals surface area contributed by atoms with Gasteiger partial charge in [0.2, 0.25) is 10.0 Å². The number of urea groups is 1. The number of likely N-dealkylation sites (tertiary alicyclic amines) is 1. The lowest BCUT2D eigenvalue weighted by atomic mass is 9.96. The SMILES string of the molecule is CC(C)C(NC(=O)N1CCC(NS(=O)(=O)c2cccs2)CC1)c1ccc(F)cc1. The van der Waals surface area contributed by atoms with Gasteiger partial charge in [-0.05, 0) is 47.9 Å². The molecule has 6 nitrogen and oxygen atoms in total. The number of rotatable bonds is 6. The zero-order valence-corrected chi connectivity index (χ0v) is 18.1. The highest BCUT2D eigenvalue weighted by atomic mass is 32.2. The number of nitrogens with zero attached hydrogens (tertiary/aromatic N) is 1. The molecule has 1 aliphatic rings. The van der Waals surface area contributed by atoms with Crippen molar-refractivity contribution in [2.45, 2.75) is 43.0 Å². The average molecular weight is 440 g/mol. The van der Waals surface area contributed by atoms with E-state index in [0.717, 1.165) is 5.56 Å². The summed E-state index contributed by atoms with van der Waals surface area (Å²) in [4.78, 5) is 14.4. The predicted molar refractivity (Wildman–Crippen MR) is 112 cm³/mol. The Kier molecular flexibility index (Phi) is 6.92. The highest BCUT2D eigenvalue weighted by Gasteiger charge is 2.28. The first-order valence-electron chi connectivity index (χ1n) is 9.63. The average Bonchev–Trinajstić information content (AvgIpc) is 3.23. The molecule has 0 spiro atoms. The Hall–Kier alpha value is -1.97. The van der Waals surface area contributed by atoms with Gasteiger partial charge < -0.3 is 10.2 Å². The van der Waals surface area contributed by atoms with E-state index in [-0.39, 0.29) is 29.8 Å². The summed E-state index contributed by atoms with van der Waals surface area (Å²) < 4.78 is 41.0. The molecule has 1 unspecified atom stereocenters. The second-order valence-electron chi connectivity index (χ2n) is 7.54. The first-order valence-corrected chi connectivity index (χ1v) is 12.0. The van der Waals surface area contributed by atoms with E-state index < -0.39 is 10.0 Å². The maximum atomic E-state index is 13.2. The third kappa shape index (κ3) is 5.55. The van der Waals surface area contributed by atoms with Gasteiger partial charge in [0.05, 0.1) is 6.04 Å². The number of hydrogen-bond donors (Lipinski definition) is 2. The second-order valence-corrected chi connectivity index (χ2v) is 10.4. The molecule has 1 aromatic heterocycles. The lowest BCUT2D eigenvalue weighted by molar-refractivity contribution is 0.173. The van der Waals surface area contributed by atoms with Crippen molar-refractivity contribution in [1.29, 1.82) is 0 Å². The van der Waals surface area contributed by atoms with Crippen LogP contribution in [0.25, 0.3) is 0 Å². The van der Waals surface area contributed by atoms with Gasteiger partial charge in [-0.15, -0.1) is 11.3 Å². The van der Waals surface area contributed by atoms with Crippen molar-refractivity contribution in [1.82, 2.24) is 14.9 Å². The Balaban J connectivity index is 1.56. The number of halogens is 1. The molecule has 3 rings (SSSR count). The predicted octanol–water partition coefficient (Wildman–Crippen LogP) is 3.74. The summed E-state index contributed by atoms with van der Waals surface area (Å²) in [5.41, 5.74) is 0.855. The van der Waals surface area contributed by atoms with E-state index in [1.54, 1.807) is 34.5 Å². The van der Waals surface area contributed by atoms with Crippen molar-refractivity contribution in [3.8, 4) is 0 Å². The van der Waals surface area contributed by atoms with E-state index in [9.17, 15) is 17.6 Å². The van der Waals surface area contributed by atoms with Crippen LogP contribution in [0.4, 0.5) is 9.18 Å². The smallest absolute Gasteiger partial charge is 0.317 e. The largest absolute Gasteiger partial charge is 0.331 e. The maximum Gasteiger partial charge on any atom is 0.317 e. The Morgan fingerprint density at radius 3 is 2.38 bits per heavy atom. The lowest BCUT2D eigenvalue weighted by Crippen LogP contribution is -2.50. The summed E-state index contributed by atoms with van der Waals surface area (Å²) in [5.74, 6) is -0.172. The van der Waals surface area contributed by atoms with Crippen LogP contribution in [0.3, 0.4) is 0 Å². The number of piperidine rings is 1. The van der Waals surface area contributed by atoms with Crippen molar-refractivity contribution in [3.63, 3.8) is 0 Å². The summed E-state index contributed by atoms with van der Waals surface area (Å²) in [6.45, 7) is 4.94. The van der Waals surface area contributed by atoms with Gasteiger partial charge in [-0.3, -0.25) is 0 Å². The molecule has 0 radical (unpaired) electrons. The third-order valence-corrected chi connectivity index (χ3v) is 7.96. The zero-order valence-electron chi connectivity index (χ0n) is 16.5. The van der Waals surface area contributed by atoms with Crippen LogP contribution in [0.5, 0.6) is 0 Å². The van der Waals surface area contributed by atoms with E-state index in [4.69, 9.17) is 0 Å². The van der Waals surface area contributed by atoms with Gasteiger partial charge in [-0.25, -0.2) is 22.3 Å². The number of sulfonamides is 1. The zero-order chi connectivity index (χ0) is 21.0. The summed E-state index contributed by atoms with van der Waals surface area (Å²) >= 11 is 1.18. The van der Waals surface area contributed by atoms with Crippen LogP contribution in [0, 0.1) is 11.7 Å². The van der Waals surface area contributed by atoms with Crippen LogP contribution in [-0.2, 0) is 10.0 Å². The minimum atomic E-state index is -3.51. The van der Waals surface area contributed by atoms with E-state index in [2.05, 4.69) is 10.0 Å². The van der Waals surface area contributed by atoms with Crippen LogP contribution in [0.15, 0.2) is 46.0 Å². The molecule has 0 aliphatic carbocycles. The third-order valence-electron chi connectivity index (χ3n) is 5.04. The number of amides is 2. The van der Waals surface area contributed by atoms with Crippen LogP contribution in [-0.4, -0.2) is 38.5 Å². The molecule has 2 amide bonds. The minimum absolute atomic E-state index is 0.138. The van der Waals surface area contributed by atoms with Crippen molar-refractivity contribution >= 4 is 27.4 Å². The van der Waals surface area contributed by atoms with Crippen LogP contribution in [0.2, 0.25) is 0 Å². The fourth-order valence-corrected chi connectivity index (χ4v) is 5.74. The van der Waals surface area contributed by atoms with Crippen molar-refractivity contribution in [2.24, 2.45) is 5.92 Å². The molecule has 29 heavy (non-hydrogen) atoms. The molecule has 1 saturated heterocycles. The Labute approximate surface area is 175 Å². The molecular weight excluding hydrogens is 413 g/mol. The van der Waals surface area contributed by atoms with Crippen molar-refractivity contribution < 1.29 is 17.6 Å². The first-order chi connectivity index (χ1) is 13.8. The van der Waals surface area contributed by atoms with Crippen molar-refractivity contribution in [2.75, 3.05) is 13.1 Å². The molecule has 1 aromatic carbocycles. The summed E-state index contributed by atoms with van der Waals surface area (Å²) in [6.07, 6.45) is 1.11. The molecule has 0 saturated carbocycles. The molecule has 1 aliphatic heterocycles. The number of carbonyl (C=O) groups is 1. The Morgan fingerprint density at radius 1 is 1.17 bits per heavy atom. The van der Waals surface area contributed by atoms with Crippen molar-refractivity contribution in [3.05, 3.63) is 53.2 Å². The lowest BCUT2D eigenvalue weighted by Gasteiger charge is -2.34. The van der Waals surface area contributed by atoms with Gasteiger partial charge >= 0.3 is 6.03 Å². The number of carbonyl (C=O) groups excluding carboxylic acids is 1. The molecular formula is C20H26FN3O3S2. The normalized spacial score (nSPS) is 16.8. The number of benzene rings is 1. The highest BCUT2D eigenvalue weighted by molar-refractivity contribution is 7.91. The molecule has 9 heteroatoms.